The summed E-state index contributed by atoms with van der Waals surface area (Å²) in [6.45, 7) is 2.28. The van der Waals surface area contributed by atoms with Gasteiger partial charge in [-0.05, 0) is 13.0 Å². The van der Waals surface area contributed by atoms with Crippen LogP contribution in [0.2, 0.25) is 0 Å². The molecule has 1 aromatic rings. The van der Waals surface area contributed by atoms with Gasteiger partial charge in [-0.1, -0.05) is 18.2 Å². The van der Waals surface area contributed by atoms with Crippen molar-refractivity contribution < 1.29 is 24.2 Å². The Labute approximate surface area is 115 Å². The summed E-state index contributed by atoms with van der Waals surface area (Å²) in [5.74, 6) is -0.954. The molecule has 0 aromatic heterocycles. The van der Waals surface area contributed by atoms with E-state index in [4.69, 9.17) is 9.47 Å². The first-order chi connectivity index (χ1) is 9.60. The highest BCUT2D eigenvalue weighted by Gasteiger charge is 2.59. The Morgan fingerprint density at radius 3 is 3.05 bits per heavy atom. The van der Waals surface area contributed by atoms with Crippen LogP contribution in [0.5, 0.6) is 0 Å². The zero-order valence-electron chi connectivity index (χ0n) is 11.0. The van der Waals surface area contributed by atoms with E-state index in [0.717, 1.165) is 0 Å². The second kappa shape index (κ2) is 4.57. The summed E-state index contributed by atoms with van der Waals surface area (Å²) in [5.41, 5.74) is -0.990. The lowest BCUT2D eigenvalue weighted by atomic mass is 9.95. The van der Waals surface area contributed by atoms with Gasteiger partial charge in [-0.15, -0.1) is 0 Å². The quantitative estimate of drug-likeness (QED) is 0.784. The molecule has 1 saturated heterocycles. The van der Waals surface area contributed by atoms with Gasteiger partial charge in [0.1, 0.15) is 0 Å². The van der Waals surface area contributed by atoms with Gasteiger partial charge >= 0.3 is 5.97 Å². The third-order valence-corrected chi connectivity index (χ3v) is 3.68. The molecule has 2 heterocycles. The van der Waals surface area contributed by atoms with E-state index in [2.05, 4.69) is 0 Å². The summed E-state index contributed by atoms with van der Waals surface area (Å²) in [4.78, 5) is 25.6. The number of fused-ring (bicyclic) bond motifs is 3. The molecule has 1 N–H and O–H groups in total. The summed E-state index contributed by atoms with van der Waals surface area (Å²) < 4.78 is 10.3. The molecule has 1 fully saturated rings. The van der Waals surface area contributed by atoms with Crippen molar-refractivity contribution in [2.75, 3.05) is 19.8 Å². The molecule has 0 saturated carbocycles. The Hall–Kier alpha value is -1.92. The van der Waals surface area contributed by atoms with E-state index in [1.807, 2.05) is 0 Å². The van der Waals surface area contributed by atoms with Crippen molar-refractivity contribution in [2.45, 2.75) is 18.8 Å². The molecule has 1 aromatic carbocycles. The van der Waals surface area contributed by atoms with Crippen LogP contribution in [0, 0.1) is 0 Å². The van der Waals surface area contributed by atoms with Gasteiger partial charge in [0, 0.05) is 17.7 Å². The van der Waals surface area contributed by atoms with Crippen LogP contribution < -0.4 is 0 Å². The molecule has 1 amide bonds. The Morgan fingerprint density at radius 1 is 1.55 bits per heavy atom. The van der Waals surface area contributed by atoms with Gasteiger partial charge < -0.3 is 19.5 Å². The second-order valence-corrected chi connectivity index (χ2v) is 4.73. The predicted molar refractivity (Wildman–Crippen MR) is 67.7 cm³/mol. The maximum atomic E-state index is 12.3. The first-order valence-corrected chi connectivity index (χ1v) is 6.52. The van der Waals surface area contributed by atoms with Crippen molar-refractivity contribution in [1.29, 1.82) is 0 Å². The third kappa shape index (κ3) is 1.58. The molecule has 20 heavy (non-hydrogen) atoms. The van der Waals surface area contributed by atoms with Crippen molar-refractivity contribution in [3.8, 4) is 0 Å². The van der Waals surface area contributed by atoms with Gasteiger partial charge in [0.2, 0.25) is 11.8 Å². The number of aliphatic hydroxyl groups is 1. The number of nitrogens with zero attached hydrogens (tertiary/aromatic N) is 1. The number of rotatable bonds is 2. The first kappa shape index (κ1) is 13.1. The fourth-order valence-electron chi connectivity index (χ4n) is 2.82. The molecule has 0 radical (unpaired) electrons. The van der Waals surface area contributed by atoms with Crippen molar-refractivity contribution in [1.82, 2.24) is 4.90 Å². The highest BCUT2D eigenvalue weighted by Crippen LogP contribution is 2.42. The van der Waals surface area contributed by atoms with Crippen LogP contribution in [0.15, 0.2) is 24.3 Å². The fourth-order valence-corrected chi connectivity index (χ4v) is 2.82. The summed E-state index contributed by atoms with van der Waals surface area (Å²) >= 11 is 0. The Balaban J connectivity index is 2.09. The highest BCUT2D eigenvalue weighted by atomic mass is 16.6. The molecule has 0 spiro atoms. The van der Waals surface area contributed by atoms with Crippen LogP contribution in [0.1, 0.15) is 22.8 Å². The van der Waals surface area contributed by atoms with Crippen LogP contribution in [0.3, 0.4) is 0 Å². The number of morpholine rings is 1. The van der Waals surface area contributed by atoms with E-state index < -0.39 is 17.8 Å². The lowest BCUT2D eigenvalue weighted by Crippen LogP contribution is -2.61. The number of ether oxygens (including phenoxy) is 2. The SMILES string of the molecule is CCOC(=O)C1OCCN2C(=O)c3ccccc3C12O. The predicted octanol–water partition coefficient (Wildman–Crippen LogP) is 0.249. The molecule has 2 aliphatic heterocycles. The van der Waals surface area contributed by atoms with Crippen molar-refractivity contribution in [3.05, 3.63) is 35.4 Å². The topological polar surface area (TPSA) is 76.1 Å². The molecule has 3 rings (SSSR count). The molecule has 106 valence electrons. The summed E-state index contributed by atoms with van der Waals surface area (Å²) in [6, 6.07) is 6.70. The van der Waals surface area contributed by atoms with Crippen molar-refractivity contribution >= 4 is 11.9 Å². The second-order valence-electron chi connectivity index (χ2n) is 4.73. The van der Waals surface area contributed by atoms with Crippen LogP contribution in [0.4, 0.5) is 0 Å². The largest absolute Gasteiger partial charge is 0.464 e. The van der Waals surface area contributed by atoms with Gasteiger partial charge in [-0.25, -0.2) is 4.79 Å². The van der Waals surface area contributed by atoms with Crippen LogP contribution in [-0.4, -0.2) is 47.7 Å². The number of carbonyl (C=O) groups is 2. The molecular weight excluding hydrogens is 262 g/mol. The number of amides is 1. The van der Waals surface area contributed by atoms with Crippen molar-refractivity contribution in [2.24, 2.45) is 0 Å². The number of carbonyl (C=O) groups excluding carboxylic acids is 2. The molecule has 2 aliphatic rings. The number of benzene rings is 1. The molecule has 2 atom stereocenters. The summed E-state index contributed by atoms with van der Waals surface area (Å²) in [5, 5.41) is 11.0. The highest BCUT2D eigenvalue weighted by molar-refractivity contribution is 6.01. The van der Waals surface area contributed by atoms with Gasteiger partial charge in [0.05, 0.1) is 13.2 Å². The van der Waals surface area contributed by atoms with E-state index >= 15 is 0 Å². The Kier molecular flexibility index (Phi) is 2.99. The lowest BCUT2D eigenvalue weighted by Gasteiger charge is -2.42. The maximum Gasteiger partial charge on any atom is 0.340 e. The zero-order chi connectivity index (χ0) is 14.3. The van der Waals surface area contributed by atoms with E-state index in [0.29, 0.717) is 11.1 Å². The average Bonchev–Trinajstić information content (AvgIpc) is 2.68. The summed E-state index contributed by atoms with van der Waals surface area (Å²) in [6.07, 6.45) is -1.22. The van der Waals surface area contributed by atoms with Gasteiger partial charge in [-0.2, -0.15) is 0 Å². The average molecular weight is 277 g/mol. The Morgan fingerprint density at radius 2 is 2.30 bits per heavy atom. The minimum Gasteiger partial charge on any atom is -0.464 e. The van der Waals surface area contributed by atoms with E-state index in [1.54, 1.807) is 31.2 Å². The smallest absolute Gasteiger partial charge is 0.340 e. The molecule has 6 heteroatoms. The van der Waals surface area contributed by atoms with E-state index in [-0.39, 0.29) is 25.7 Å². The van der Waals surface area contributed by atoms with Crippen LogP contribution in [-0.2, 0) is 20.0 Å². The monoisotopic (exact) mass is 277 g/mol. The van der Waals surface area contributed by atoms with Crippen LogP contribution >= 0.6 is 0 Å². The Bertz CT molecular complexity index is 572. The lowest BCUT2D eigenvalue weighted by molar-refractivity contribution is -0.227. The molecule has 6 nitrogen and oxygen atoms in total. The van der Waals surface area contributed by atoms with Gasteiger partial charge in [-0.3, -0.25) is 4.79 Å². The third-order valence-electron chi connectivity index (χ3n) is 3.68. The fraction of sp³-hybridized carbons (Fsp3) is 0.429. The molecular formula is C14H15NO5. The molecule has 0 aliphatic carbocycles. The van der Waals surface area contributed by atoms with E-state index in [9.17, 15) is 14.7 Å². The first-order valence-electron chi connectivity index (χ1n) is 6.52. The zero-order valence-corrected chi connectivity index (χ0v) is 11.0. The van der Waals surface area contributed by atoms with Crippen molar-refractivity contribution in [3.63, 3.8) is 0 Å². The van der Waals surface area contributed by atoms with Gasteiger partial charge in [0.15, 0.2) is 0 Å². The normalized spacial score (nSPS) is 28.0. The number of hydrogen-bond donors (Lipinski definition) is 1. The van der Waals surface area contributed by atoms with Gasteiger partial charge in [0.25, 0.3) is 5.91 Å². The molecule has 2 unspecified atom stereocenters. The van der Waals surface area contributed by atoms with Crippen LogP contribution in [0.25, 0.3) is 0 Å². The summed E-state index contributed by atoms with van der Waals surface area (Å²) in [7, 11) is 0. The number of hydrogen-bond acceptors (Lipinski definition) is 5. The minimum atomic E-state index is -1.78. The maximum absolute atomic E-state index is 12.3. The van der Waals surface area contributed by atoms with E-state index in [1.165, 1.54) is 4.90 Å². The minimum absolute atomic E-state index is 0.185. The number of esters is 1. The molecule has 0 bridgehead atoms. The standard InChI is InChI=1S/C14H15NO5/c1-2-19-13(17)11-14(18)10-6-4-3-5-9(10)12(16)15(14)7-8-20-11/h3-6,11,18H,2,7-8H2,1H3.